The second-order valence-corrected chi connectivity index (χ2v) is 7.23. The van der Waals surface area contributed by atoms with Crippen molar-refractivity contribution in [2.24, 2.45) is 0 Å². The van der Waals surface area contributed by atoms with Crippen LogP contribution < -0.4 is 10.1 Å². The summed E-state index contributed by atoms with van der Waals surface area (Å²) in [6.45, 7) is 1.93. The average Bonchev–Trinajstić information content (AvgIpc) is 3.39. The van der Waals surface area contributed by atoms with E-state index in [1.165, 1.54) is 19.2 Å². The fraction of sp³-hybridized carbons (Fsp3) is 0.136. The van der Waals surface area contributed by atoms with Crippen molar-refractivity contribution < 1.29 is 18.4 Å². The van der Waals surface area contributed by atoms with Gasteiger partial charge < -0.3 is 19.1 Å². The number of benzene rings is 2. The van der Waals surface area contributed by atoms with Crippen molar-refractivity contribution in [3.63, 3.8) is 0 Å². The molecule has 0 aliphatic rings. The van der Waals surface area contributed by atoms with Gasteiger partial charge >= 0.3 is 0 Å². The number of halogens is 2. The molecule has 0 aliphatic carbocycles. The van der Waals surface area contributed by atoms with Crippen molar-refractivity contribution in [2.75, 3.05) is 12.4 Å². The number of carbonyl (C=O) groups is 1. The Morgan fingerprint density at radius 1 is 1.26 bits per heavy atom. The van der Waals surface area contributed by atoms with Gasteiger partial charge in [-0.05, 0) is 55.0 Å². The fourth-order valence-electron chi connectivity index (χ4n) is 3.06. The zero-order valence-corrected chi connectivity index (χ0v) is 17.5. The van der Waals surface area contributed by atoms with Crippen LogP contribution in [0.2, 0.25) is 5.02 Å². The largest absolute Gasteiger partial charge is 0.494 e. The van der Waals surface area contributed by atoms with Crippen LogP contribution in [-0.2, 0) is 11.3 Å². The van der Waals surface area contributed by atoms with E-state index in [0.717, 1.165) is 5.56 Å². The molecule has 2 aromatic carbocycles. The second-order valence-electron chi connectivity index (χ2n) is 6.83. The van der Waals surface area contributed by atoms with E-state index in [2.05, 4.69) is 15.5 Å². The molecule has 0 unspecified atom stereocenters. The lowest BCUT2D eigenvalue weighted by Crippen LogP contribution is -2.19. The van der Waals surface area contributed by atoms with Gasteiger partial charge in [0.25, 0.3) is 5.89 Å². The Bertz CT molecular complexity index is 1250. The van der Waals surface area contributed by atoms with E-state index in [-0.39, 0.29) is 29.9 Å². The third-order valence-electron chi connectivity index (χ3n) is 4.60. The maximum Gasteiger partial charge on any atom is 0.274 e. The molecule has 31 heavy (non-hydrogen) atoms. The minimum atomic E-state index is -0.527. The van der Waals surface area contributed by atoms with Crippen molar-refractivity contribution in [3.05, 3.63) is 71.1 Å². The summed E-state index contributed by atoms with van der Waals surface area (Å²) in [5, 5.41) is 7.18. The molecule has 1 amide bonds. The van der Waals surface area contributed by atoms with E-state index in [1.54, 1.807) is 41.1 Å². The van der Waals surface area contributed by atoms with E-state index in [4.69, 9.17) is 20.9 Å². The molecule has 158 valence electrons. The maximum absolute atomic E-state index is 14.0. The zero-order valence-electron chi connectivity index (χ0n) is 16.7. The van der Waals surface area contributed by atoms with Gasteiger partial charge in [0.15, 0.2) is 11.6 Å². The number of nitrogens with zero attached hydrogens (tertiary/aromatic N) is 3. The van der Waals surface area contributed by atoms with Crippen LogP contribution in [0.1, 0.15) is 5.56 Å². The van der Waals surface area contributed by atoms with Gasteiger partial charge in [0.05, 0.1) is 17.8 Å². The van der Waals surface area contributed by atoms with Crippen molar-refractivity contribution in [2.45, 2.75) is 13.5 Å². The van der Waals surface area contributed by atoms with E-state index in [0.29, 0.717) is 22.0 Å². The summed E-state index contributed by atoms with van der Waals surface area (Å²) in [6.07, 6.45) is 1.72. The van der Waals surface area contributed by atoms with Crippen LogP contribution in [0.15, 0.2) is 59.3 Å². The Balaban J connectivity index is 1.52. The molecule has 0 saturated carbocycles. The summed E-state index contributed by atoms with van der Waals surface area (Å²) in [7, 11) is 1.39. The Labute approximate surface area is 182 Å². The van der Waals surface area contributed by atoms with Gasteiger partial charge in [-0.15, -0.1) is 0 Å². The predicted octanol–water partition coefficient (Wildman–Crippen LogP) is 4.95. The lowest BCUT2D eigenvalue weighted by atomic mass is 10.2. The van der Waals surface area contributed by atoms with E-state index in [1.807, 2.05) is 13.0 Å². The van der Waals surface area contributed by atoms with Crippen LogP contribution in [0.3, 0.4) is 0 Å². The summed E-state index contributed by atoms with van der Waals surface area (Å²) < 4.78 is 25.9. The van der Waals surface area contributed by atoms with Crippen LogP contribution in [0, 0.1) is 12.7 Å². The molecule has 0 atom stereocenters. The number of aromatic nitrogens is 3. The van der Waals surface area contributed by atoms with Crippen molar-refractivity contribution in [1.82, 2.24) is 14.7 Å². The molecule has 0 aliphatic heterocycles. The SMILES string of the molecule is COc1ccc(-c2noc(-c3cccn3CC(=O)Nc3ccc(C)cc3Cl)n2)cc1F. The number of methoxy groups -OCH3 is 1. The number of nitrogens with one attached hydrogen (secondary N) is 1. The third-order valence-corrected chi connectivity index (χ3v) is 4.91. The molecule has 0 bridgehead atoms. The number of carbonyl (C=O) groups excluding carboxylic acids is 1. The van der Waals surface area contributed by atoms with Crippen molar-refractivity contribution in [3.8, 4) is 28.7 Å². The third kappa shape index (κ3) is 4.44. The Hall–Kier alpha value is -3.65. The van der Waals surface area contributed by atoms with Gasteiger partial charge in [-0.25, -0.2) is 4.39 Å². The first-order chi connectivity index (χ1) is 14.9. The molecule has 4 aromatic rings. The number of anilines is 1. The Kier molecular flexibility index (Phi) is 5.73. The number of hydrogen-bond acceptors (Lipinski definition) is 5. The molecular weight excluding hydrogens is 423 g/mol. The van der Waals surface area contributed by atoms with Gasteiger partial charge in [0.2, 0.25) is 11.7 Å². The molecule has 7 nitrogen and oxygen atoms in total. The van der Waals surface area contributed by atoms with Crippen LogP contribution in [0.4, 0.5) is 10.1 Å². The monoisotopic (exact) mass is 440 g/mol. The molecular formula is C22H18ClFN4O3. The van der Waals surface area contributed by atoms with Gasteiger partial charge in [-0.2, -0.15) is 4.98 Å². The van der Waals surface area contributed by atoms with E-state index in [9.17, 15) is 9.18 Å². The fourth-order valence-corrected chi connectivity index (χ4v) is 3.34. The smallest absolute Gasteiger partial charge is 0.274 e. The quantitative estimate of drug-likeness (QED) is 0.458. The summed E-state index contributed by atoms with van der Waals surface area (Å²) >= 11 is 6.18. The normalized spacial score (nSPS) is 10.8. The molecule has 0 fully saturated rings. The highest BCUT2D eigenvalue weighted by molar-refractivity contribution is 6.33. The van der Waals surface area contributed by atoms with Crippen LogP contribution >= 0.6 is 11.6 Å². The lowest BCUT2D eigenvalue weighted by molar-refractivity contribution is -0.116. The summed E-state index contributed by atoms with van der Waals surface area (Å²) in [4.78, 5) is 16.9. The standard InChI is InChI=1S/C22H18ClFN4O3/c1-13-5-7-17(15(23)10-13)25-20(29)12-28-9-3-4-18(28)22-26-21(27-31-22)14-6-8-19(30-2)16(24)11-14/h3-11H,12H2,1-2H3,(H,25,29). The van der Waals surface area contributed by atoms with Crippen LogP contribution in [0.25, 0.3) is 23.0 Å². The molecule has 9 heteroatoms. The zero-order chi connectivity index (χ0) is 22.0. The molecule has 1 N–H and O–H groups in total. The number of hydrogen-bond donors (Lipinski definition) is 1. The molecule has 2 aromatic heterocycles. The molecule has 4 rings (SSSR count). The number of amides is 1. The Morgan fingerprint density at radius 2 is 2.10 bits per heavy atom. The topological polar surface area (TPSA) is 82.2 Å². The highest BCUT2D eigenvalue weighted by atomic mass is 35.5. The maximum atomic E-state index is 14.0. The van der Waals surface area contributed by atoms with Crippen molar-refractivity contribution in [1.29, 1.82) is 0 Å². The van der Waals surface area contributed by atoms with Gasteiger partial charge in [0, 0.05) is 11.8 Å². The van der Waals surface area contributed by atoms with Gasteiger partial charge in [0.1, 0.15) is 12.2 Å². The number of rotatable bonds is 6. The second kappa shape index (κ2) is 8.61. The van der Waals surface area contributed by atoms with Crippen molar-refractivity contribution >= 4 is 23.2 Å². The highest BCUT2D eigenvalue weighted by Crippen LogP contribution is 2.27. The summed E-state index contributed by atoms with van der Waals surface area (Å²) in [6, 6.07) is 13.3. The van der Waals surface area contributed by atoms with Gasteiger partial charge in [-0.1, -0.05) is 22.8 Å². The minimum Gasteiger partial charge on any atom is -0.494 e. The average molecular weight is 441 g/mol. The number of ether oxygens (including phenoxy) is 1. The predicted molar refractivity (Wildman–Crippen MR) is 114 cm³/mol. The highest BCUT2D eigenvalue weighted by Gasteiger charge is 2.17. The molecule has 0 saturated heterocycles. The minimum absolute atomic E-state index is 0.0153. The summed E-state index contributed by atoms with van der Waals surface area (Å²) in [5.74, 6) is -0.236. The first-order valence-electron chi connectivity index (χ1n) is 9.33. The summed E-state index contributed by atoms with van der Waals surface area (Å²) in [5.41, 5.74) is 2.53. The molecule has 0 spiro atoms. The molecule has 0 radical (unpaired) electrons. The van der Waals surface area contributed by atoms with Gasteiger partial charge in [-0.3, -0.25) is 4.79 Å². The first-order valence-corrected chi connectivity index (χ1v) is 9.71. The van der Waals surface area contributed by atoms with E-state index >= 15 is 0 Å². The Morgan fingerprint density at radius 3 is 2.84 bits per heavy atom. The molecule has 2 heterocycles. The first kappa shape index (κ1) is 20.6. The van der Waals surface area contributed by atoms with Crippen LogP contribution in [0.5, 0.6) is 5.75 Å². The lowest BCUT2D eigenvalue weighted by Gasteiger charge is -2.10. The van der Waals surface area contributed by atoms with Crippen LogP contribution in [-0.4, -0.2) is 27.7 Å². The van der Waals surface area contributed by atoms with E-state index < -0.39 is 5.82 Å². The number of aryl methyl sites for hydroxylation is 1.